The average molecular weight is 381 g/mol. The van der Waals surface area contributed by atoms with Crippen LogP contribution in [0.15, 0.2) is 48.7 Å². The molecule has 3 aromatic rings. The smallest absolute Gasteiger partial charge is 0.321 e. The second kappa shape index (κ2) is 7.63. The fraction of sp³-hybridized carbons (Fsp3) is 0.263. The van der Waals surface area contributed by atoms with E-state index in [-0.39, 0.29) is 11.8 Å². The van der Waals surface area contributed by atoms with E-state index in [0.29, 0.717) is 37.7 Å². The lowest BCUT2D eigenvalue weighted by Crippen LogP contribution is -2.50. The highest BCUT2D eigenvalue weighted by molar-refractivity contribution is 5.89. The summed E-state index contributed by atoms with van der Waals surface area (Å²) in [5, 5.41) is 15.6. The van der Waals surface area contributed by atoms with Gasteiger partial charge in [0, 0.05) is 38.1 Å². The number of amides is 2. The molecule has 2 amide bonds. The summed E-state index contributed by atoms with van der Waals surface area (Å²) in [7, 11) is 0. The average Bonchev–Trinajstić information content (AvgIpc) is 3.16. The topological polar surface area (TPSA) is 79.2 Å². The molecule has 28 heavy (non-hydrogen) atoms. The molecular formula is C19H20FN7O. The highest BCUT2D eigenvalue weighted by atomic mass is 19.1. The third kappa shape index (κ3) is 3.93. The van der Waals surface area contributed by atoms with Crippen molar-refractivity contribution < 1.29 is 9.18 Å². The van der Waals surface area contributed by atoms with Gasteiger partial charge in [-0.25, -0.2) is 13.9 Å². The number of hydrogen-bond donors (Lipinski definition) is 1. The minimum absolute atomic E-state index is 0.193. The van der Waals surface area contributed by atoms with E-state index in [1.54, 1.807) is 21.7 Å². The molecule has 0 spiro atoms. The maximum atomic E-state index is 13.0. The van der Waals surface area contributed by atoms with Crippen LogP contribution in [-0.4, -0.2) is 57.1 Å². The quantitative estimate of drug-likeness (QED) is 0.754. The third-order valence-electron chi connectivity index (χ3n) is 4.58. The molecule has 0 unspecified atom stereocenters. The normalized spacial score (nSPS) is 14.2. The minimum atomic E-state index is -0.332. The van der Waals surface area contributed by atoms with Crippen LogP contribution in [0.4, 0.5) is 20.7 Å². The highest BCUT2D eigenvalue weighted by Crippen LogP contribution is 2.15. The number of nitrogens with zero attached hydrogens (tertiary/aromatic N) is 6. The van der Waals surface area contributed by atoms with Gasteiger partial charge in [0.05, 0.1) is 5.69 Å². The Kier molecular flexibility index (Phi) is 4.88. The molecule has 0 aliphatic carbocycles. The molecule has 2 aromatic heterocycles. The van der Waals surface area contributed by atoms with E-state index in [1.807, 2.05) is 31.3 Å². The maximum absolute atomic E-state index is 13.0. The maximum Gasteiger partial charge on any atom is 0.321 e. The van der Waals surface area contributed by atoms with Gasteiger partial charge in [0.1, 0.15) is 5.82 Å². The molecule has 1 aromatic carbocycles. The fourth-order valence-corrected chi connectivity index (χ4v) is 3.03. The van der Waals surface area contributed by atoms with E-state index in [2.05, 4.69) is 25.5 Å². The molecule has 4 rings (SSSR count). The van der Waals surface area contributed by atoms with Gasteiger partial charge in [-0.15, -0.1) is 10.2 Å². The first-order chi connectivity index (χ1) is 13.6. The monoisotopic (exact) mass is 381 g/mol. The molecule has 1 aliphatic heterocycles. The molecule has 0 radical (unpaired) electrons. The van der Waals surface area contributed by atoms with Crippen LogP contribution in [0.2, 0.25) is 0 Å². The van der Waals surface area contributed by atoms with E-state index >= 15 is 0 Å². The van der Waals surface area contributed by atoms with Crippen molar-refractivity contribution in [2.45, 2.75) is 6.92 Å². The number of carbonyl (C=O) groups is 1. The van der Waals surface area contributed by atoms with E-state index < -0.39 is 0 Å². The van der Waals surface area contributed by atoms with Crippen LogP contribution in [-0.2, 0) is 0 Å². The third-order valence-corrected chi connectivity index (χ3v) is 4.58. The largest absolute Gasteiger partial charge is 0.352 e. The van der Waals surface area contributed by atoms with Crippen molar-refractivity contribution in [1.82, 2.24) is 24.9 Å². The van der Waals surface area contributed by atoms with Crippen molar-refractivity contribution >= 4 is 17.5 Å². The number of anilines is 2. The number of nitrogens with one attached hydrogen (secondary N) is 1. The highest BCUT2D eigenvalue weighted by Gasteiger charge is 2.22. The molecule has 144 valence electrons. The molecule has 1 fully saturated rings. The summed E-state index contributed by atoms with van der Waals surface area (Å²) in [5.74, 6) is 1.10. The zero-order valence-corrected chi connectivity index (χ0v) is 15.4. The minimum Gasteiger partial charge on any atom is -0.352 e. The summed E-state index contributed by atoms with van der Waals surface area (Å²) in [4.78, 5) is 16.2. The first-order valence-corrected chi connectivity index (χ1v) is 9.01. The Morgan fingerprint density at radius 1 is 0.964 bits per heavy atom. The van der Waals surface area contributed by atoms with Crippen molar-refractivity contribution in [1.29, 1.82) is 0 Å². The van der Waals surface area contributed by atoms with Crippen LogP contribution in [0.25, 0.3) is 5.82 Å². The molecule has 8 nitrogen and oxygen atoms in total. The zero-order valence-electron chi connectivity index (χ0n) is 15.4. The van der Waals surface area contributed by atoms with Crippen LogP contribution in [0.5, 0.6) is 0 Å². The zero-order chi connectivity index (χ0) is 19.5. The van der Waals surface area contributed by atoms with Crippen molar-refractivity contribution in [2.75, 3.05) is 36.4 Å². The number of rotatable bonds is 3. The molecular weight excluding hydrogens is 361 g/mol. The van der Waals surface area contributed by atoms with Crippen molar-refractivity contribution in [3.8, 4) is 5.82 Å². The number of urea groups is 1. The lowest BCUT2D eigenvalue weighted by molar-refractivity contribution is 0.208. The van der Waals surface area contributed by atoms with Gasteiger partial charge in [-0.05, 0) is 49.4 Å². The Bertz CT molecular complexity index is 947. The lowest BCUT2D eigenvalue weighted by atomic mass is 10.3. The SMILES string of the molecule is Cc1ccn(-c2ccc(N3CCN(C(=O)Nc4ccc(F)cc4)CC3)nn2)n1. The Balaban J connectivity index is 1.33. The molecule has 9 heteroatoms. The first-order valence-electron chi connectivity index (χ1n) is 9.01. The number of benzene rings is 1. The Morgan fingerprint density at radius 3 is 2.25 bits per heavy atom. The van der Waals surface area contributed by atoms with Crippen molar-refractivity contribution in [2.24, 2.45) is 0 Å². The molecule has 0 saturated carbocycles. The van der Waals surface area contributed by atoms with Gasteiger partial charge >= 0.3 is 6.03 Å². The van der Waals surface area contributed by atoms with Crippen LogP contribution < -0.4 is 10.2 Å². The van der Waals surface area contributed by atoms with Crippen LogP contribution in [0.3, 0.4) is 0 Å². The van der Waals surface area contributed by atoms with Gasteiger partial charge in [-0.3, -0.25) is 0 Å². The van der Waals surface area contributed by atoms with Crippen LogP contribution in [0, 0.1) is 12.7 Å². The van der Waals surface area contributed by atoms with E-state index in [1.165, 1.54) is 12.1 Å². The number of carbonyl (C=O) groups excluding carboxylic acids is 1. The van der Waals surface area contributed by atoms with Crippen molar-refractivity contribution in [3.63, 3.8) is 0 Å². The van der Waals surface area contributed by atoms with Gasteiger partial charge in [0.15, 0.2) is 11.6 Å². The number of aryl methyl sites for hydroxylation is 1. The second-order valence-corrected chi connectivity index (χ2v) is 6.56. The lowest BCUT2D eigenvalue weighted by Gasteiger charge is -2.35. The fourth-order valence-electron chi connectivity index (χ4n) is 3.03. The molecule has 0 atom stereocenters. The van der Waals surface area contributed by atoms with E-state index in [4.69, 9.17) is 0 Å². The predicted molar refractivity (Wildman–Crippen MR) is 103 cm³/mol. The summed E-state index contributed by atoms with van der Waals surface area (Å²) in [6.45, 7) is 4.37. The molecule has 3 heterocycles. The number of hydrogen-bond acceptors (Lipinski definition) is 5. The predicted octanol–water partition coefficient (Wildman–Crippen LogP) is 2.46. The number of piperazine rings is 1. The summed E-state index contributed by atoms with van der Waals surface area (Å²) in [6, 6.07) is 11.2. The van der Waals surface area contributed by atoms with E-state index in [9.17, 15) is 9.18 Å². The van der Waals surface area contributed by atoms with Gasteiger partial charge in [0.25, 0.3) is 0 Å². The summed E-state index contributed by atoms with van der Waals surface area (Å²) in [5.41, 5.74) is 1.49. The Hall–Kier alpha value is -3.49. The molecule has 1 saturated heterocycles. The van der Waals surface area contributed by atoms with Crippen LogP contribution >= 0.6 is 0 Å². The summed E-state index contributed by atoms with van der Waals surface area (Å²) in [6.07, 6.45) is 1.84. The van der Waals surface area contributed by atoms with Gasteiger partial charge in [0.2, 0.25) is 0 Å². The van der Waals surface area contributed by atoms with Gasteiger partial charge < -0.3 is 15.1 Å². The van der Waals surface area contributed by atoms with Crippen molar-refractivity contribution in [3.05, 3.63) is 60.2 Å². The number of aromatic nitrogens is 4. The van der Waals surface area contributed by atoms with Gasteiger partial charge in [-0.1, -0.05) is 0 Å². The standard InChI is InChI=1S/C19H20FN7O/c1-14-8-9-27(24-14)18-7-6-17(22-23-18)25-10-12-26(13-11-25)19(28)21-16-4-2-15(20)3-5-16/h2-9H,10-13H2,1H3,(H,21,28). The van der Waals surface area contributed by atoms with E-state index in [0.717, 1.165) is 11.5 Å². The van der Waals surface area contributed by atoms with Crippen LogP contribution in [0.1, 0.15) is 5.69 Å². The summed E-state index contributed by atoms with van der Waals surface area (Å²) >= 11 is 0. The molecule has 0 bridgehead atoms. The molecule has 1 N–H and O–H groups in total. The number of halogens is 1. The Morgan fingerprint density at radius 2 is 1.64 bits per heavy atom. The Labute approximate surface area is 161 Å². The molecule has 1 aliphatic rings. The van der Waals surface area contributed by atoms with Gasteiger partial charge in [-0.2, -0.15) is 5.10 Å². The second-order valence-electron chi connectivity index (χ2n) is 6.56. The summed E-state index contributed by atoms with van der Waals surface area (Å²) < 4.78 is 14.6. The first kappa shape index (κ1) is 17.9.